The molecule has 0 aliphatic carbocycles. The first-order chi connectivity index (χ1) is 13.1. The molecular weight excluding hydrogens is 350 g/mol. The fraction of sp³-hybridized carbons (Fsp3) is 0.500. The number of carbonyl (C=O) groups is 1. The molecule has 2 aromatic rings. The molecule has 0 saturated carbocycles. The molecule has 7 heteroatoms. The van der Waals surface area contributed by atoms with E-state index in [9.17, 15) is 13.6 Å². The Morgan fingerprint density at radius 3 is 2.78 bits per heavy atom. The number of nitrogens with zero attached hydrogens (tertiary/aromatic N) is 3. The summed E-state index contributed by atoms with van der Waals surface area (Å²) in [7, 11) is 0. The highest BCUT2D eigenvalue weighted by Gasteiger charge is 2.46. The molecule has 2 aliphatic rings. The van der Waals surface area contributed by atoms with Crippen LogP contribution in [0.5, 0.6) is 0 Å². The van der Waals surface area contributed by atoms with Gasteiger partial charge in [-0.3, -0.25) is 9.69 Å². The van der Waals surface area contributed by atoms with Crippen molar-refractivity contribution in [1.29, 1.82) is 0 Å². The van der Waals surface area contributed by atoms with Crippen molar-refractivity contribution in [3.63, 3.8) is 0 Å². The molecule has 4 rings (SSSR count). The van der Waals surface area contributed by atoms with Crippen LogP contribution in [0.25, 0.3) is 0 Å². The number of hydrogen-bond donors (Lipinski definition) is 1. The van der Waals surface area contributed by atoms with E-state index >= 15 is 0 Å². The minimum atomic E-state index is -1.07. The first kappa shape index (κ1) is 18.1. The number of aromatic nitrogens is 2. The number of carbonyl (C=O) groups excluding carboxylic acids is 1. The zero-order valence-corrected chi connectivity index (χ0v) is 15.5. The Balaban J connectivity index is 1.57. The van der Waals surface area contributed by atoms with E-state index in [2.05, 4.69) is 21.8 Å². The summed E-state index contributed by atoms with van der Waals surface area (Å²) < 4.78 is 27.5. The van der Waals surface area contributed by atoms with E-state index in [0.717, 1.165) is 50.5 Å². The lowest BCUT2D eigenvalue weighted by atomic mass is 9.78. The Morgan fingerprint density at radius 2 is 2.04 bits per heavy atom. The van der Waals surface area contributed by atoms with Crippen LogP contribution in [0.3, 0.4) is 0 Å². The number of H-pyrrole nitrogens is 1. The van der Waals surface area contributed by atoms with Crippen LogP contribution in [0.4, 0.5) is 8.78 Å². The van der Waals surface area contributed by atoms with Crippen molar-refractivity contribution < 1.29 is 13.6 Å². The third-order valence-electron chi connectivity index (χ3n) is 5.95. The Kier molecular flexibility index (Phi) is 4.72. The topological polar surface area (TPSA) is 52.2 Å². The van der Waals surface area contributed by atoms with Gasteiger partial charge < -0.3 is 9.88 Å². The quantitative estimate of drug-likeness (QED) is 0.898. The lowest BCUT2D eigenvalue weighted by Gasteiger charge is -2.50. The highest BCUT2D eigenvalue weighted by atomic mass is 19.2. The monoisotopic (exact) mass is 374 g/mol. The Hall–Kier alpha value is -2.28. The number of hydrogen-bond acceptors (Lipinski definition) is 3. The van der Waals surface area contributed by atoms with E-state index in [1.165, 1.54) is 17.8 Å². The molecule has 144 valence electrons. The second-order valence-electron chi connectivity index (χ2n) is 7.39. The largest absolute Gasteiger partial charge is 0.348 e. The zero-order chi connectivity index (χ0) is 19.0. The maximum atomic E-state index is 14.0. The van der Waals surface area contributed by atoms with E-state index < -0.39 is 17.5 Å². The van der Waals surface area contributed by atoms with Crippen LogP contribution in [0.2, 0.25) is 0 Å². The summed E-state index contributed by atoms with van der Waals surface area (Å²) in [4.78, 5) is 24.7. The molecule has 1 amide bonds. The summed E-state index contributed by atoms with van der Waals surface area (Å²) in [5.74, 6) is -2.50. The van der Waals surface area contributed by atoms with Gasteiger partial charge in [0.2, 0.25) is 0 Å². The molecule has 0 unspecified atom stereocenters. The van der Waals surface area contributed by atoms with Crippen molar-refractivity contribution >= 4 is 5.91 Å². The predicted molar refractivity (Wildman–Crippen MR) is 97.3 cm³/mol. The summed E-state index contributed by atoms with van der Waals surface area (Å²) in [6, 6.07) is 3.75. The van der Waals surface area contributed by atoms with Crippen LogP contribution in [0.1, 0.15) is 47.9 Å². The first-order valence-electron chi connectivity index (χ1n) is 9.58. The number of halogens is 2. The zero-order valence-electron chi connectivity index (χ0n) is 15.5. The second-order valence-corrected chi connectivity index (χ2v) is 7.39. The number of amides is 1. The standard InChI is InChI=1S/C20H24F2N4O/c1-2-9-26-10-6-16-18(24-13-23-16)20(26)7-11-25(12-8-20)19(27)14-4-3-5-15(21)17(14)22/h3-5,13H,2,6-12H2,1H3,(H,23,24). The maximum Gasteiger partial charge on any atom is 0.256 e. The summed E-state index contributed by atoms with van der Waals surface area (Å²) in [5, 5.41) is 0. The molecule has 0 radical (unpaired) electrons. The smallest absolute Gasteiger partial charge is 0.256 e. The molecular formula is C20H24F2N4O. The minimum absolute atomic E-state index is 0.180. The van der Waals surface area contributed by atoms with Gasteiger partial charge in [0.05, 0.1) is 23.1 Å². The van der Waals surface area contributed by atoms with Gasteiger partial charge in [0.15, 0.2) is 11.6 Å². The van der Waals surface area contributed by atoms with Gasteiger partial charge in [-0.1, -0.05) is 13.0 Å². The maximum absolute atomic E-state index is 14.0. The number of rotatable bonds is 3. The van der Waals surface area contributed by atoms with Crippen molar-refractivity contribution in [3.05, 3.63) is 53.1 Å². The van der Waals surface area contributed by atoms with Crippen molar-refractivity contribution in [2.45, 2.75) is 38.1 Å². The van der Waals surface area contributed by atoms with Gasteiger partial charge in [-0.25, -0.2) is 13.8 Å². The van der Waals surface area contributed by atoms with E-state index in [4.69, 9.17) is 0 Å². The third-order valence-corrected chi connectivity index (χ3v) is 5.95. The molecule has 27 heavy (non-hydrogen) atoms. The van der Waals surface area contributed by atoms with Crippen molar-refractivity contribution in [2.24, 2.45) is 0 Å². The molecule has 5 nitrogen and oxygen atoms in total. The second kappa shape index (κ2) is 7.03. The molecule has 1 aromatic carbocycles. The normalized spacial score (nSPS) is 19.3. The summed E-state index contributed by atoms with van der Waals surface area (Å²) in [6.07, 6.45) is 5.25. The average Bonchev–Trinajstić information content (AvgIpc) is 3.17. The van der Waals surface area contributed by atoms with Crippen molar-refractivity contribution in [1.82, 2.24) is 19.8 Å². The number of nitrogens with one attached hydrogen (secondary N) is 1. The van der Waals surface area contributed by atoms with E-state index in [0.29, 0.717) is 13.1 Å². The Labute approximate surface area is 157 Å². The summed E-state index contributed by atoms with van der Waals surface area (Å²) in [6.45, 7) is 5.12. The highest BCUT2D eigenvalue weighted by Crippen LogP contribution is 2.42. The molecule has 3 heterocycles. The van der Waals surface area contributed by atoms with Crippen LogP contribution >= 0.6 is 0 Å². The molecule has 1 fully saturated rings. The van der Waals surface area contributed by atoms with Crippen LogP contribution in [-0.2, 0) is 12.0 Å². The lowest BCUT2D eigenvalue weighted by molar-refractivity contribution is 0.00692. The molecule has 2 aliphatic heterocycles. The van der Waals surface area contributed by atoms with Gasteiger partial charge in [-0.2, -0.15) is 0 Å². The lowest BCUT2D eigenvalue weighted by Crippen LogP contribution is -2.57. The third kappa shape index (κ3) is 2.94. The van der Waals surface area contributed by atoms with Crippen molar-refractivity contribution in [3.8, 4) is 0 Å². The predicted octanol–water partition coefficient (Wildman–Crippen LogP) is 3.09. The van der Waals surface area contributed by atoms with E-state index in [-0.39, 0.29) is 11.1 Å². The SMILES string of the molecule is CCCN1CCc2[nH]cnc2C12CCN(C(=O)c1cccc(F)c1F)CC2. The number of benzene rings is 1. The van der Waals surface area contributed by atoms with Crippen LogP contribution in [-0.4, -0.2) is 51.9 Å². The number of piperidine rings is 1. The first-order valence-corrected chi connectivity index (χ1v) is 9.58. The van der Waals surface area contributed by atoms with Gasteiger partial charge in [0.25, 0.3) is 5.91 Å². The fourth-order valence-electron chi connectivity index (χ4n) is 4.59. The fourth-order valence-corrected chi connectivity index (χ4v) is 4.59. The summed E-state index contributed by atoms with van der Waals surface area (Å²) in [5.41, 5.74) is 1.89. The van der Waals surface area contributed by atoms with E-state index in [1.807, 2.05) is 0 Å². The molecule has 0 atom stereocenters. The average molecular weight is 374 g/mol. The molecule has 0 bridgehead atoms. The molecule has 1 aromatic heterocycles. The molecule has 1 spiro atoms. The Morgan fingerprint density at radius 1 is 1.26 bits per heavy atom. The van der Waals surface area contributed by atoms with Gasteiger partial charge in [0.1, 0.15) is 0 Å². The molecule has 1 N–H and O–H groups in total. The van der Waals surface area contributed by atoms with E-state index in [1.54, 1.807) is 11.2 Å². The number of imidazole rings is 1. The minimum Gasteiger partial charge on any atom is -0.348 e. The van der Waals surface area contributed by atoms with Crippen LogP contribution in [0.15, 0.2) is 24.5 Å². The van der Waals surface area contributed by atoms with Crippen LogP contribution in [0, 0.1) is 11.6 Å². The number of fused-ring (bicyclic) bond motifs is 2. The molecule has 1 saturated heterocycles. The van der Waals surface area contributed by atoms with Gasteiger partial charge in [0, 0.05) is 31.7 Å². The highest BCUT2D eigenvalue weighted by molar-refractivity contribution is 5.94. The van der Waals surface area contributed by atoms with Gasteiger partial charge in [-0.05, 0) is 37.9 Å². The summed E-state index contributed by atoms with van der Waals surface area (Å²) >= 11 is 0. The number of aromatic amines is 1. The van der Waals surface area contributed by atoms with Crippen molar-refractivity contribution in [2.75, 3.05) is 26.2 Å². The van der Waals surface area contributed by atoms with Gasteiger partial charge >= 0.3 is 0 Å². The van der Waals surface area contributed by atoms with Crippen LogP contribution < -0.4 is 0 Å². The van der Waals surface area contributed by atoms with Gasteiger partial charge in [-0.15, -0.1) is 0 Å². The Bertz CT molecular complexity index is 842. The number of likely N-dealkylation sites (tertiary alicyclic amines) is 1.